The number of rotatable bonds is 3. The van der Waals surface area contributed by atoms with E-state index in [0.717, 1.165) is 6.42 Å². The molecule has 2 unspecified atom stereocenters. The summed E-state index contributed by atoms with van der Waals surface area (Å²) in [6, 6.07) is 14.8. The van der Waals surface area contributed by atoms with Crippen LogP contribution in [0.1, 0.15) is 19.4 Å². The largest absolute Gasteiger partial charge is 0.393 e. The second-order valence-corrected chi connectivity index (χ2v) is 4.56. The van der Waals surface area contributed by atoms with Crippen LogP contribution in [0.4, 0.5) is 0 Å². The highest BCUT2D eigenvalue weighted by Gasteiger charge is 2.11. The van der Waals surface area contributed by atoms with Gasteiger partial charge in [-0.1, -0.05) is 49.4 Å². The van der Waals surface area contributed by atoms with E-state index in [2.05, 4.69) is 49.4 Å². The molecule has 0 radical (unpaired) electrons. The summed E-state index contributed by atoms with van der Waals surface area (Å²) in [4.78, 5) is 0. The maximum Gasteiger partial charge on any atom is 0.0540 e. The molecule has 1 nitrogen and oxygen atoms in total. The van der Waals surface area contributed by atoms with E-state index in [9.17, 15) is 5.11 Å². The summed E-state index contributed by atoms with van der Waals surface area (Å²) >= 11 is 0. The molecule has 0 aliphatic carbocycles. The molecule has 1 N–H and O–H groups in total. The Hall–Kier alpha value is -1.34. The number of benzene rings is 2. The Balaban J connectivity index is 2.37. The summed E-state index contributed by atoms with van der Waals surface area (Å²) in [6.45, 7) is 3.95. The molecule has 0 aromatic heterocycles. The van der Waals surface area contributed by atoms with Crippen molar-refractivity contribution in [3.05, 3.63) is 48.0 Å². The lowest BCUT2D eigenvalue weighted by Crippen LogP contribution is -2.15. The number of hydrogen-bond donors (Lipinski definition) is 1. The molecule has 0 heterocycles. The van der Waals surface area contributed by atoms with Gasteiger partial charge in [0.15, 0.2) is 0 Å². The smallest absolute Gasteiger partial charge is 0.0540 e. The predicted octanol–water partition coefficient (Wildman–Crippen LogP) is 3.40. The summed E-state index contributed by atoms with van der Waals surface area (Å²) in [7, 11) is 0. The molecule has 1 heteroatoms. The van der Waals surface area contributed by atoms with Crippen LogP contribution >= 0.6 is 0 Å². The topological polar surface area (TPSA) is 20.2 Å². The van der Waals surface area contributed by atoms with E-state index in [1.54, 1.807) is 0 Å². The second kappa shape index (κ2) is 4.67. The van der Waals surface area contributed by atoms with Crippen LogP contribution in [-0.2, 0) is 6.42 Å². The van der Waals surface area contributed by atoms with Gasteiger partial charge in [-0.25, -0.2) is 0 Å². The van der Waals surface area contributed by atoms with Crippen LogP contribution in [0.5, 0.6) is 0 Å². The average Bonchev–Trinajstić information content (AvgIpc) is 2.29. The Morgan fingerprint density at radius 2 is 1.69 bits per heavy atom. The predicted molar refractivity (Wildman–Crippen MR) is 68.5 cm³/mol. The first-order valence-electron chi connectivity index (χ1n) is 5.83. The third-order valence-electron chi connectivity index (χ3n) is 3.25. The standard InChI is InChI=1S/C15H18O/c1-11(12(2)16)10-14-8-5-7-13-6-3-4-9-15(13)14/h3-9,11-12,16H,10H2,1-2H3. The van der Waals surface area contributed by atoms with Crippen molar-refractivity contribution in [1.29, 1.82) is 0 Å². The molecule has 0 saturated carbocycles. The maximum atomic E-state index is 9.55. The Morgan fingerprint density at radius 3 is 2.44 bits per heavy atom. The van der Waals surface area contributed by atoms with Crippen molar-refractivity contribution in [3.63, 3.8) is 0 Å². The van der Waals surface area contributed by atoms with Crippen LogP contribution in [-0.4, -0.2) is 11.2 Å². The summed E-state index contributed by atoms with van der Waals surface area (Å²) in [5, 5.41) is 12.1. The van der Waals surface area contributed by atoms with Crippen LogP contribution in [0.3, 0.4) is 0 Å². The Bertz CT molecular complexity index is 468. The molecule has 16 heavy (non-hydrogen) atoms. The molecule has 2 rings (SSSR count). The summed E-state index contributed by atoms with van der Waals surface area (Å²) in [5.74, 6) is 0.297. The lowest BCUT2D eigenvalue weighted by molar-refractivity contribution is 0.135. The molecule has 0 saturated heterocycles. The van der Waals surface area contributed by atoms with Gasteiger partial charge < -0.3 is 5.11 Å². The van der Waals surface area contributed by atoms with Crippen molar-refractivity contribution >= 4 is 10.8 Å². The van der Waals surface area contributed by atoms with Crippen LogP contribution in [0.15, 0.2) is 42.5 Å². The molecule has 0 bridgehead atoms. The van der Waals surface area contributed by atoms with E-state index in [1.807, 2.05) is 6.92 Å². The van der Waals surface area contributed by atoms with Crippen LogP contribution in [0.25, 0.3) is 10.8 Å². The van der Waals surface area contributed by atoms with E-state index < -0.39 is 0 Å². The SMILES string of the molecule is CC(O)C(C)Cc1cccc2ccccc12. The van der Waals surface area contributed by atoms with E-state index in [1.165, 1.54) is 16.3 Å². The molecule has 2 atom stereocenters. The van der Waals surface area contributed by atoms with Gasteiger partial charge >= 0.3 is 0 Å². The first kappa shape index (κ1) is 11.2. The molecule has 0 amide bonds. The van der Waals surface area contributed by atoms with Crippen molar-refractivity contribution < 1.29 is 5.11 Å². The summed E-state index contributed by atoms with van der Waals surface area (Å²) in [5.41, 5.74) is 1.33. The van der Waals surface area contributed by atoms with Gasteiger partial charge in [0, 0.05) is 0 Å². The average molecular weight is 214 g/mol. The lowest BCUT2D eigenvalue weighted by atomic mass is 9.93. The van der Waals surface area contributed by atoms with Crippen molar-refractivity contribution in [2.75, 3.05) is 0 Å². The first-order chi connectivity index (χ1) is 7.68. The van der Waals surface area contributed by atoms with Crippen molar-refractivity contribution in [2.24, 2.45) is 5.92 Å². The highest BCUT2D eigenvalue weighted by molar-refractivity contribution is 5.85. The lowest BCUT2D eigenvalue weighted by Gasteiger charge is -2.15. The number of aliphatic hydroxyl groups excluding tert-OH is 1. The molecule has 2 aromatic rings. The molecular formula is C15H18O. The van der Waals surface area contributed by atoms with Gasteiger partial charge in [0.05, 0.1) is 6.10 Å². The molecule has 0 spiro atoms. The fourth-order valence-electron chi connectivity index (χ4n) is 1.99. The number of hydrogen-bond acceptors (Lipinski definition) is 1. The zero-order chi connectivity index (χ0) is 11.5. The van der Waals surface area contributed by atoms with Crippen molar-refractivity contribution in [2.45, 2.75) is 26.4 Å². The van der Waals surface area contributed by atoms with Crippen molar-refractivity contribution in [3.8, 4) is 0 Å². The van der Waals surface area contributed by atoms with Gasteiger partial charge in [-0.15, -0.1) is 0 Å². The third-order valence-corrected chi connectivity index (χ3v) is 3.25. The van der Waals surface area contributed by atoms with Gasteiger partial charge in [0.1, 0.15) is 0 Å². The number of fused-ring (bicyclic) bond motifs is 1. The monoisotopic (exact) mass is 214 g/mol. The summed E-state index contributed by atoms with van der Waals surface area (Å²) < 4.78 is 0. The van der Waals surface area contributed by atoms with Gasteiger partial charge in [-0.05, 0) is 35.6 Å². The van der Waals surface area contributed by atoms with E-state index in [-0.39, 0.29) is 6.10 Å². The van der Waals surface area contributed by atoms with Gasteiger partial charge in [-0.3, -0.25) is 0 Å². The molecule has 0 aliphatic heterocycles. The van der Waals surface area contributed by atoms with E-state index in [4.69, 9.17) is 0 Å². The van der Waals surface area contributed by atoms with E-state index in [0.29, 0.717) is 5.92 Å². The fourth-order valence-corrected chi connectivity index (χ4v) is 1.99. The molecule has 2 aromatic carbocycles. The van der Waals surface area contributed by atoms with Crippen LogP contribution in [0, 0.1) is 5.92 Å². The second-order valence-electron chi connectivity index (χ2n) is 4.56. The quantitative estimate of drug-likeness (QED) is 0.830. The Kier molecular flexibility index (Phi) is 3.25. The zero-order valence-electron chi connectivity index (χ0n) is 9.85. The van der Waals surface area contributed by atoms with Gasteiger partial charge in [0.2, 0.25) is 0 Å². The Morgan fingerprint density at radius 1 is 1.00 bits per heavy atom. The van der Waals surface area contributed by atoms with Crippen molar-refractivity contribution in [1.82, 2.24) is 0 Å². The highest BCUT2D eigenvalue weighted by atomic mass is 16.3. The molecule has 0 fully saturated rings. The number of aliphatic hydroxyl groups is 1. The van der Waals surface area contributed by atoms with Gasteiger partial charge in [0.25, 0.3) is 0 Å². The molecular weight excluding hydrogens is 196 g/mol. The molecule has 0 aliphatic rings. The minimum absolute atomic E-state index is 0.251. The minimum atomic E-state index is -0.251. The fraction of sp³-hybridized carbons (Fsp3) is 0.333. The van der Waals surface area contributed by atoms with Crippen LogP contribution < -0.4 is 0 Å². The Labute approximate surface area is 96.7 Å². The van der Waals surface area contributed by atoms with Gasteiger partial charge in [-0.2, -0.15) is 0 Å². The van der Waals surface area contributed by atoms with Crippen LogP contribution in [0.2, 0.25) is 0 Å². The molecule has 84 valence electrons. The van der Waals surface area contributed by atoms with E-state index >= 15 is 0 Å². The highest BCUT2D eigenvalue weighted by Crippen LogP contribution is 2.22. The normalized spacial score (nSPS) is 14.9. The first-order valence-corrected chi connectivity index (χ1v) is 5.83. The minimum Gasteiger partial charge on any atom is -0.393 e. The summed E-state index contributed by atoms with van der Waals surface area (Å²) in [6.07, 6.45) is 0.679. The third kappa shape index (κ3) is 2.25. The zero-order valence-corrected chi connectivity index (χ0v) is 9.85. The maximum absolute atomic E-state index is 9.55.